The van der Waals surface area contributed by atoms with Gasteiger partial charge in [-0.15, -0.1) is 0 Å². The number of hydrogen-bond donors (Lipinski definition) is 3. The van der Waals surface area contributed by atoms with Crippen LogP contribution in [0.5, 0.6) is 5.75 Å². The van der Waals surface area contributed by atoms with Crippen molar-refractivity contribution in [2.45, 2.75) is 12.8 Å². The average molecular weight is 291 g/mol. The molecule has 2 aromatic rings. The zero-order valence-corrected chi connectivity index (χ0v) is 11.7. The first-order valence-electron chi connectivity index (χ1n) is 6.57. The van der Waals surface area contributed by atoms with Gasteiger partial charge in [0.05, 0.1) is 17.7 Å². The lowest BCUT2D eigenvalue weighted by molar-refractivity contribution is -0.121. The fourth-order valence-electron chi connectivity index (χ4n) is 1.98. The minimum absolute atomic E-state index is 0.0917. The van der Waals surface area contributed by atoms with Crippen LogP contribution in [0.15, 0.2) is 12.1 Å². The fraction of sp³-hybridized carbons (Fsp3) is 0.357. The highest BCUT2D eigenvalue weighted by molar-refractivity contribution is 5.97. The Morgan fingerprint density at radius 2 is 2.33 bits per heavy atom. The van der Waals surface area contributed by atoms with Gasteiger partial charge in [0.15, 0.2) is 6.29 Å². The lowest BCUT2D eigenvalue weighted by Gasteiger charge is -2.02. The Bertz CT molecular complexity index is 651. The summed E-state index contributed by atoms with van der Waals surface area (Å²) in [5, 5.41) is 12.3. The number of fused-ring (bicyclic) bond motifs is 1. The second-order valence-corrected chi connectivity index (χ2v) is 4.54. The molecule has 1 aromatic carbocycles. The van der Waals surface area contributed by atoms with E-state index in [1.54, 1.807) is 13.2 Å². The molecule has 0 unspecified atom stereocenters. The van der Waals surface area contributed by atoms with E-state index in [0.29, 0.717) is 42.7 Å². The largest absolute Gasteiger partial charge is 0.507 e. The molecule has 0 bridgehead atoms. The number of amides is 1. The number of ether oxygens (including phenoxy) is 1. The highest BCUT2D eigenvalue weighted by Gasteiger charge is 2.12. The number of rotatable bonds is 7. The van der Waals surface area contributed by atoms with Crippen molar-refractivity contribution >= 4 is 23.2 Å². The van der Waals surface area contributed by atoms with E-state index in [2.05, 4.69) is 15.3 Å². The maximum atomic E-state index is 11.6. The normalized spacial score (nSPS) is 10.7. The molecule has 2 rings (SSSR count). The molecule has 0 saturated heterocycles. The summed E-state index contributed by atoms with van der Waals surface area (Å²) in [5.74, 6) is 0.402. The van der Waals surface area contributed by atoms with Crippen molar-refractivity contribution < 1.29 is 19.4 Å². The predicted octanol–water partition coefficient (Wildman–Crippen LogP) is 0.776. The number of phenols is 1. The Kier molecular flexibility index (Phi) is 4.89. The molecular formula is C14H17N3O4. The summed E-state index contributed by atoms with van der Waals surface area (Å²) in [6.07, 6.45) is 1.28. The molecule has 0 fully saturated rings. The Balaban J connectivity index is 2.03. The number of imidazole rings is 1. The van der Waals surface area contributed by atoms with Crippen LogP contribution >= 0.6 is 0 Å². The van der Waals surface area contributed by atoms with Gasteiger partial charge in [-0.3, -0.25) is 9.59 Å². The predicted molar refractivity (Wildman–Crippen MR) is 76.4 cm³/mol. The van der Waals surface area contributed by atoms with Crippen LogP contribution in [-0.2, 0) is 16.0 Å². The number of carbonyl (C=O) groups excluding carboxylic acids is 2. The molecule has 7 heteroatoms. The van der Waals surface area contributed by atoms with E-state index in [-0.39, 0.29) is 23.6 Å². The lowest BCUT2D eigenvalue weighted by Crippen LogP contribution is -2.27. The van der Waals surface area contributed by atoms with Crippen LogP contribution in [0.4, 0.5) is 0 Å². The quantitative estimate of drug-likeness (QED) is 0.516. The van der Waals surface area contributed by atoms with Crippen molar-refractivity contribution in [2.75, 3.05) is 20.3 Å². The number of aromatic nitrogens is 2. The summed E-state index contributed by atoms with van der Waals surface area (Å²) < 4.78 is 4.84. The van der Waals surface area contributed by atoms with Crippen LogP contribution in [0.2, 0.25) is 0 Å². The van der Waals surface area contributed by atoms with Crippen molar-refractivity contribution in [3.63, 3.8) is 0 Å². The minimum atomic E-state index is -0.104. The van der Waals surface area contributed by atoms with Crippen molar-refractivity contribution in [3.05, 3.63) is 23.5 Å². The van der Waals surface area contributed by atoms with Crippen molar-refractivity contribution in [2.24, 2.45) is 0 Å². The van der Waals surface area contributed by atoms with E-state index in [1.165, 1.54) is 6.07 Å². The summed E-state index contributed by atoms with van der Waals surface area (Å²) in [6, 6.07) is 3.08. The maximum Gasteiger partial charge on any atom is 0.220 e. The highest BCUT2D eigenvalue weighted by atomic mass is 16.5. The standard InChI is InChI=1S/C14H17N3O4/c1-21-7-6-15-13(20)5-4-12-16-10-2-3-11(19)9(8-18)14(10)17-12/h2-3,8,19H,4-7H2,1H3,(H,15,20)(H,16,17). The molecule has 21 heavy (non-hydrogen) atoms. The van der Waals surface area contributed by atoms with Gasteiger partial charge < -0.3 is 20.1 Å². The second-order valence-electron chi connectivity index (χ2n) is 4.54. The molecule has 1 aromatic heterocycles. The van der Waals surface area contributed by atoms with Crippen molar-refractivity contribution in [1.82, 2.24) is 15.3 Å². The Morgan fingerprint density at radius 3 is 3.05 bits per heavy atom. The van der Waals surface area contributed by atoms with E-state index >= 15 is 0 Å². The third-order valence-electron chi connectivity index (χ3n) is 3.05. The molecule has 7 nitrogen and oxygen atoms in total. The van der Waals surface area contributed by atoms with E-state index in [9.17, 15) is 14.7 Å². The molecular weight excluding hydrogens is 274 g/mol. The number of nitrogens with one attached hydrogen (secondary N) is 2. The van der Waals surface area contributed by atoms with Gasteiger partial charge in [-0.25, -0.2) is 4.98 Å². The summed E-state index contributed by atoms with van der Waals surface area (Å²) in [5.41, 5.74) is 1.23. The number of H-pyrrole nitrogens is 1. The zero-order valence-electron chi connectivity index (χ0n) is 11.7. The first-order valence-corrected chi connectivity index (χ1v) is 6.57. The summed E-state index contributed by atoms with van der Waals surface area (Å²) in [4.78, 5) is 29.8. The summed E-state index contributed by atoms with van der Waals surface area (Å²) in [7, 11) is 1.57. The van der Waals surface area contributed by atoms with Crippen LogP contribution in [-0.4, -0.2) is 47.5 Å². The lowest BCUT2D eigenvalue weighted by atomic mass is 10.2. The number of methoxy groups -OCH3 is 1. The van der Waals surface area contributed by atoms with Gasteiger partial charge in [0, 0.05) is 26.5 Å². The van der Waals surface area contributed by atoms with Gasteiger partial charge >= 0.3 is 0 Å². The Morgan fingerprint density at radius 1 is 1.52 bits per heavy atom. The molecule has 0 aliphatic carbocycles. The molecule has 0 atom stereocenters. The monoisotopic (exact) mass is 291 g/mol. The number of aromatic hydroxyl groups is 1. The molecule has 3 N–H and O–H groups in total. The number of aromatic amines is 1. The van der Waals surface area contributed by atoms with Gasteiger partial charge in [-0.2, -0.15) is 0 Å². The van der Waals surface area contributed by atoms with Crippen molar-refractivity contribution in [3.8, 4) is 5.75 Å². The van der Waals surface area contributed by atoms with Gasteiger partial charge in [-0.05, 0) is 12.1 Å². The number of hydrogen-bond acceptors (Lipinski definition) is 5. The summed E-state index contributed by atoms with van der Waals surface area (Å²) in [6.45, 7) is 0.941. The first kappa shape index (κ1) is 15.0. The smallest absolute Gasteiger partial charge is 0.220 e. The van der Waals surface area contributed by atoms with E-state index in [0.717, 1.165) is 0 Å². The van der Waals surface area contributed by atoms with Crippen LogP contribution in [0.25, 0.3) is 11.0 Å². The second kappa shape index (κ2) is 6.85. The highest BCUT2D eigenvalue weighted by Crippen LogP contribution is 2.24. The van der Waals surface area contributed by atoms with Crippen LogP contribution in [0, 0.1) is 0 Å². The first-order chi connectivity index (χ1) is 10.2. The molecule has 112 valence electrons. The molecule has 0 radical (unpaired) electrons. The number of phenolic OH excluding ortho intramolecular Hbond substituents is 1. The maximum absolute atomic E-state index is 11.6. The van der Waals surface area contributed by atoms with E-state index in [1.807, 2.05) is 0 Å². The third kappa shape index (κ3) is 3.57. The van der Waals surface area contributed by atoms with Crippen LogP contribution in [0.3, 0.4) is 0 Å². The average Bonchev–Trinajstić information content (AvgIpc) is 2.88. The molecule has 1 heterocycles. The topological polar surface area (TPSA) is 104 Å². The number of benzene rings is 1. The summed E-state index contributed by atoms with van der Waals surface area (Å²) >= 11 is 0. The van der Waals surface area contributed by atoms with Crippen molar-refractivity contribution in [1.29, 1.82) is 0 Å². The van der Waals surface area contributed by atoms with E-state index < -0.39 is 0 Å². The van der Waals surface area contributed by atoms with Crippen LogP contribution < -0.4 is 5.32 Å². The molecule has 0 spiro atoms. The number of carbonyl (C=O) groups is 2. The van der Waals surface area contributed by atoms with Gasteiger partial charge in [0.25, 0.3) is 0 Å². The number of aldehydes is 1. The number of aryl methyl sites for hydroxylation is 1. The number of nitrogens with zero attached hydrogens (tertiary/aromatic N) is 1. The van der Waals surface area contributed by atoms with E-state index in [4.69, 9.17) is 4.74 Å². The van der Waals surface area contributed by atoms with Crippen LogP contribution in [0.1, 0.15) is 22.6 Å². The zero-order chi connectivity index (χ0) is 15.2. The molecule has 0 saturated carbocycles. The third-order valence-corrected chi connectivity index (χ3v) is 3.05. The minimum Gasteiger partial charge on any atom is -0.507 e. The van der Waals surface area contributed by atoms with Gasteiger partial charge in [-0.1, -0.05) is 0 Å². The Hall–Kier alpha value is -2.41. The molecule has 1 amide bonds. The molecule has 0 aliphatic heterocycles. The van der Waals surface area contributed by atoms with Gasteiger partial charge in [0.1, 0.15) is 17.1 Å². The Labute approximate surface area is 121 Å². The molecule has 0 aliphatic rings. The SMILES string of the molecule is COCCNC(=O)CCc1nc2c(C=O)c(O)ccc2[nH]1. The van der Waals surface area contributed by atoms with Gasteiger partial charge in [0.2, 0.25) is 5.91 Å². The fourth-order valence-corrected chi connectivity index (χ4v) is 1.98.